The molecule has 0 fully saturated rings. The van der Waals surface area contributed by atoms with Gasteiger partial charge in [-0.25, -0.2) is 0 Å². The number of hydrogen-bond donors (Lipinski definition) is 1. The molecule has 1 aromatic carbocycles. The molecule has 2 unspecified atom stereocenters. The Hall–Kier alpha value is -0.380. The average molecular weight is 313 g/mol. The van der Waals surface area contributed by atoms with E-state index in [1.54, 1.807) is 0 Å². The average Bonchev–Trinajstić information content (AvgIpc) is 2.27. The maximum absolute atomic E-state index is 3.57. The Balaban J connectivity index is 3.07. The van der Waals surface area contributed by atoms with Crippen LogP contribution in [0.25, 0.3) is 0 Å². The lowest BCUT2D eigenvalue weighted by Gasteiger charge is -2.35. The van der Waals surface area contributed by atoms with Crippen molar-refractivity contribution in [2.24, 2.45) is 11.8 Å². The number of nitrogens with zero attached hydrogens (tertiary/aromatic N) is 1. The van der Waals surface area contributed by atoms with Crippen LogP contribution >= 0.6 is 15.9 Å². The van der Waals surface area contributed by atoms with E-state index in [0.29, 0.717) is 17.9 Å². The SMILES string of the molecule is CNCC(C(C)C)C(c1cccc(Br)c1)N(C)C. The standard InChI is InChI=1S/C15H25BrN2/c1-11(2)14(10-17-3)15(18(4)5)12-7-6-8-13(16)9-12/h6-9,11,14-15,17H,10H2,1-5H3. The molecule has 0 aromatic heterocycles. The van der Waals surface area contributed by atoms with Crippen LogP contribution in [0, 0.1) is 11.8 Å². The highest BCUT2D eigenvalue weighted by atomic mass is 79.9. The van der Waals surface area contributed by atoms with Crippen molar-refractivity contribution in [3.63, 3.8) is 0 Å². The molecule has 2 atom stereocenters. The zero-order valence-corrected chi connectivity index (χ0v) is 13.7. The molecule has 0 aliphatic rings. The highest BCUT2D eigenvalue weighted by Gasteiger charge is 2.27. The zero-order valence-electron chi connectivity index (χ0n) is 12.1. The number of hydrogen-bond acceptors (Lipinski definition) is 2. The minimum atomic E-state index is 0.440. The summed E-state index contributed by atoms with van der Waals surface area (Å²) >= 11 is 3.57. The Labute approximate surface area is 120 Å². The monoisotopic (exact) mass is 312 g/mol. The lowest BCUT2D eigenvalue weighted by atomic mass is 9.83. The van der Waals surface area contributed by atoms with Gasteiger partial charge in [0.1, 0.15) is 0 Å². The molecule has 1 aromatic rings. The Bertz CT molecular complexity index is 363. The first-order valence-electron chi connectivity index (χ1n) is 6.53. The summed E-state index contributed by atoms with van der Waals surface area (Å²) in [6.07, 6.45) is 0. The lowest BCUT2D eigenvalue weighted by Crippen LogP contribution is -2.36. The first-order valence-corrected chi connectivity index (χ1v) is 7.33. The van der Waals surface area contributed by atoms with Crippen molar-refractivity contribution in [2.75, 3.05) is 27.7 Å². The number of nitrogens with one attached hydrogen (secondary N) is 1. The Morgan fingerprint density at radius 1 is 1.28 bits per heavy atom. The van der Waals surface area contributed by atoms with Gasteiger partial charge >= 0.3 is 0 Å². The molecular formula is C15H25BrN2. The van der Waals surface area contributed by atoms with Crippen LogP contribution in [0.1, 0.15) is 25.5 Å². The van der Waals surface area contributed by atoms with Crippen LogP contribution in [0.2, 0.25) is 0 Å². The summed E-state index contributed by atoms with van der Waals surface area (Å²) in [6, 6.07) is 9.09. The summed E-state index contributed by atoms with van der Waals surface area (Å²) in [5, 5.41) is 3.33. The van der Waals surface area contributed by atoms with E-state index in [2.05, 4.69) is 78.4 Å². The van der Waals surface area contributed by atoms with E-state index in [9.17, 15) is 0 Å². The van der Waals surface area contributed by atoms with Gasteiger partial charge in [-0.3, -0.25) is 0 Å². The van der Waals surface area contributed by atoms with Crippen LogP contribution in [0.3, 0.4) is 0 Å². The molecule has 0 saturated heterocycles. The van der Waals surface area contributed by atoms with Crippen LogP contribution in [0.5, 0.6) is 0 Å². The molecule has 102 valence electrons. The molecule has 0 saturated carbocycles. The van der Waals surface area contributed by atoms with Crippen LogP contribution in [-0.2, 0) is 0 Å². The fourth-order valence-electron chi connectivity index (χ4n) is 2.57. The van der Waals surface area contributed by atoms with E-state index >= 15 is 0 Å². The normalized spacial score (nSPS) is 15.1. The van der Waals surface area contributed by atoms with Crippen molar-refractivity contribution in [1.29, 1.82) is 0 Å². The molecular weight excluding hydrogens is 288 g/mol. The number of rotatable bonds is 6. The molecule has 0 radical (unpaired) electrons. The lowest BCUT2D eigenvalue weighted by molar-refractivity contribution is 0.169. The van der Waals surface area contributed by atoms with Crippen LogP contribution in [-0.4, -0.2) is 32.6 Å². The van der Waals surface area contributed by atoms with E-state index in [-0.39, 0.29) is 0 Å². The van der Waals surface area contributed by atoms with Gasteiger partial charge in [0, 0.05) is 10.5 Å². The van der Waals surface area contributed by atoms with Gasteiger partial charge in [-0.05, 0) is 57.2 Å². The van der Waals surface area contributed by atoms with Gasteiger partial charge in [-0.2, -0.15) is 0 Å². The van der Waals surface area contributed by atoms with Crippen molar-refractivity contribution < 1.29 is 0 Å². The summed E-state index contributed by atoms with van der Waals surface area (Å²) in [7, 11) is 6.36. The van der Waals surface area contributed by atoms with Gasteiger partial charge in [-0.1, -0.05) is 41.9 Å². The third kappa shape index (κ3) is 4.08. The molecule has 18 heavy (non-hydrogen) atoms. The van der Waals surface area contributed by atoms with E-state index in [1.807, 2.05) is 7.05 Å². The van der Waals surface area contributed by atoms with E-state index in [1.165, 1.54) is 5.56 Å². The summed E-state index contributed by atoms with van der Waals surface area (Å²) in [5.41, 5.74) is 1.38. The first kappa shape index (κ1) is 15.7. The molecule has 0 bridgehead atoms. The second kappa shape index (κ2) is 7.27. The van der Waals surface area contributed by atoms with Crippen LogP contribution in [0.4, 0.5) is 0 Å². The topological polar surface area (TPSA) is 15.3 Å². The van der Waals surface area contributed by atoms with Gasteiger partial charge in [0.05, 0.1) is 0 Å². The van der Waals surface area contributed by atoms with Crippen molar-refractivity contribution in [3.05, 3.63) is 34.3 Å². The highest BCUT2D eigenvalue weighted by Crippen LogP contribution is 2.32. The van der Waals surface area contributed by atoms with Crippen LogP contribution < -0.4 is 5.32 Å². The van der Waals surface area contributed by atoms with E-state index in [4.69, 9.17) is 0 Å². The quantitative estimate of drug-likeness (QED) is 0.864. The van der Waals surface area contributed by atoms with E-state index < -0.39 is 0 Å². The number of benzene rings is 1. The molecule has 1 rings (SSSR count). The second-order valence-corrected chi connectivity index (χ2v) is 6.34. The van der Waals surface area contributed by atoms with Gasteiger partial charge in [0.2, 0.25) is 0 Å². The van der Waals surface area contributed by atoms with Gasteiger partial charge in [0.25, 0.3) is 0 Å². The fourth-order valence-corrected chi connectivity index (χ4v) is 2.98. The fraction of sp³-hybridized carbons (Fsp3) is 0.600. The molecule has 0 aliphatic carbocycles. The van der Waals surface area contributed by atoms with Crippen molar-refractivity contribution in [2.45, 2.75) is 19.9 Å². The van der Waals surface area contributed by atoms with Crippen molar-refractivity contribution in [3.8, 4) is 0 Å². The Morgan fingerprint density at radius 2 is 1.94 bits per heavy atom. The minimum absolute atomic E-state index is 0.440. The Kier molecular flexibility index (Phi) is 6.33. The minimum Gasteiger partial charge on any atom is -0.319 e. The summed E-state index contributed by atoms with van der Waals surface area (Å²) in [5.74, 6) is 1.24. The molecule has 0 aliphatic heterocycles. The summed E-state index contributed by atoms with van der Waals surface area (Å²) in [4.78, 5) is 2.32. The number of halogens is 1. The largest absolute Gasteiger partial charge is 0.319 e. The molecule has 0 heterocycles. The summed E-state index contributed by atoms with van der Waals surface area (Å²) < 4.78 is 1.15. The van der Waals surface area contributed by atoms with Gasteiger partial charge in [0.15, 0.2) is 0 Å². The highest BCUT2D eigenvalue weighted by molar-refractivity contribution is 9.10. The third-order valence-electron chi connectivity index (χ3n) is 3.45. The van der Waals surface area contributed by atoms with E-state index in [0.717, 1.165) is 11.0 Å². The molecule has 1 N–H and O–H groups in total. The zero-order chi connectivity index (χ0) is 13.7. The van der Waals surface area contributed by atoms with Gasteiger partial charge < -0.3 is 10.2 Å². The molecule has 0 spiro atoms. The first-order chi connectivity index (χ1) is 8.47. The maximum Gasteiger partial charge on any atom is 0.0385 e. The third-order valence-corrected chi connectivity index (χ3v) is 3.94. The maximum atomic E-state index is 3.57. The molecule has 2 nitrogen and oxygen atoms in total. The Morgan fingerprint density at radius 3 is 2.39 bits per heavy atom. The van der Waals surface area contributed by atoms with Gasteiger partial charge in [-0.15, -0.1) is 0 Å². The van der Waals surface area contributed by atoms with Crippen LogP contribution in [0.15, 0.2) is 28.7 Å². The van der Waals surface area contributed by atoms with Crippen molar-refractivity contribution in [1.82, 2.24) is 10.2 Å². The predicted molar refractivity (Wildman–Crippen MR) is 82.8 cm³/mol. The second-order valence-electron chi connectivity index (χ2n) is 5.43. The van der Waals surface area contributed by atoms with Crippen molar-refractivity contribution >= 4 is 15.9 Å². The smallest absolute Gasteiger partial charge is 0.0385 e. The molecule has 3 heteroatoms. The summed E-state index contributed by atoms with van der Waals surface area (Å²) in [6.45, 7) is 5.64. The molecule has 0 amide bonds. The predicted octanol–water partition coefficient (Wildman–Crippen LogP) is 3.54.